The highest BCUT2D eigenvalue weighted by Crippen LogP contribution is 2.30. The van der Waals surface area contributed by atoms with E-state index in [4.69, 9.17) is 10.00 Å². The van der Waals surface area contributed by atoms with Crippen molar-refractivity contribution in [1.29, 1.82) is 5.26 Å². The molecule has 3 aromatic rings. The van der Waals surface area contributed by atoms with Gasteiger partial charge in [-0.15, -0.1) is 0 Å². The highest BCUT2D eigenvalue weighted by Gasteiger charge is 2.22. The number of carbonyl (C=O) groups is 1. The summed E-state index contributed by atoms with van der Waals surface area (Å²) in [6.45, 7) is 12.1. The van der Waals surface area contributed by atoms with Crippen LogP contribution in [0.3, 0.4) is 0 Å². The smallest absolute Gasteiger partial charge is 0.223 e. The van der Waals surface area contributed by atoms with Gasteiger partial charge in [0.05, 0.1) is 24.8 Å². The summed E-state index contributed by atoms with van der Waals surface area (Å²) in [5.74, 6) is 0.217. The zero-order valence-corrected chi connectivity index (χ0v) is 22.4. The van der Waals surface area contributed by atoms with Gasteiger partial charge in [-0.3, -0.25) is 9.69 Å². The fraction of sp³-hybridized carbons (Fsp3) is 0.419. The molecule has 0 aliphatic carbocycles. The normalized spacial score (nSPS) is 14.1. The molecule has 194 valence electrons. The number of nitriles is 1. The molecule has 1 amide bonds. The Morgan fingerprint density at radius 3 is 2.43 bits per heavy atom. The van der Waals surface area contributed by atoms with Crippen LogP contribution in [0.15, 0.2) is 54.6 Å². The van der Waals surface area contributed by atoms with E-state index in [0.29, 0.717) is 19.3 Å². The molecular formula is C31H38N4O2. The van der Waals surface area contributed by atoms with E-state index in [-0.39, 0.29) is 5.91 Å². The van der Waals surface area contributed by atoms with Gasteiger partial charge in [0.25, 0.3) is 0 Å². The topological polar surface area (TPSA) is 61.5 Å². The van der Waals surface area contributed by atoms with Gasteiger partial charge >= 0.3 is 0 Å². The monoisotopic (exact) mass is 498 g/mol. The Kier molecular flexibility index (Phi) is 9.16. The number of benzene rings is 2. The molecule has 0 radical (unpaired) electrons. The predicted octanol–water partition coefficient (Wildman–Crippen LogP) is 4.94. The molecule has 1 aromatic heterocycles. The minimum absolute atomic E-state index is 0.217. The number of hydrogen-bond donors (Lipinski definition) is 0. The molecule has 0 spiro atoms. The summed E-state index contributed by atoms with van der Waals surface area (Å²) in [5, 5.41) is 9.06. The van der Waals surface area contributed by atoms with E-state index < -0.39 is 0 Å². The fourth-order valence-corrected chi connectivity index (χ4v) is 5.10. The third-order valence-electron chi connectivity index (χ3n) is 7.17. The van der Waals surface area contributed by atoms with Crippen LogP contribution in [0.4, 0.5) is 0 Å². The van der Waals surface area contributed by atoms with Crippen LogP contribution in [0, 0.1) is 25.2 Å². The number of aryl methyl sites for hydroxylation is 3. The van der Waals surface area contributed by atoms with Gasteiger partial charge in [-0.05, 0) is 62.6 Å². The number of aromatic nitrogens is 1. The Hall–Kier alpha value is -3.40. The van der Waals surface area contributed by atoms with E-state index in [1.807, 2.05) is 24.0 Å². The molecule has 1 aliphatic heterocycles. The molecule has 4 rings (SSSR count). The van der Waals surface area contributed by atoms with Crippen molar-refractivity contribution in [3.63, 3.8) is 0 Å². The van der Waals surface area contributed by atoms with Gasteiger partial charge in [-0.2, -0.15) is 5.26 Å². The molecule has 1 aliphatic rings. The van der Waals surface area contributed by atoms with Gasteiger partial charge in [-0.1, -0.05) is 35.9 Å². The second kappa shape index (κ2) is 12.7. The Bertz CT molecular complexity index is 1230. The van der Waals surface area contributed by atoms with Crippen molar-refractivity contribution in [3.05, 3.63) is 77.0 Å². The molecule has 6 heteroatoms. The molecule has 0 saturated carbocycles. The molecule has 37 heavy (non-hydrogen) atoms. The quantitative estimate of drug-likeness (QED) is 0.372. The van der Waals surface area contributed by atoms with Crippen LogP contribution < -0.4 is 0 Å². The highest BCUT2D eigenvalue weighted by molar-refractivity contribution is 5.77. The van der Waals surface area contributed by atoms with Crippen LogP contribution in [0.5, 0.6) is 0 Å². The molecular weight excluding hydrogens is 460 g/mol. The van der Waals surface area contributed by atoms with Crippen LogP contribution in [0.25, 0.3) is 16.9 Å². The van der Waals surface area contributed by atoms with Crippen molar-refractivity contribution < 1.29 is 9.53 Å². The Balaban J connectivity index is 1.51. The lowest BCUT2D eigenvalue weighted by Gasteiger charge is -2.34. The first-order chi connectivity index (χ1) is 18.0. The maximum absolute atomic E-state index is 13.1. The molecule has 1 fully saturated rings. The van der Waals surface area contributed by atoms with E-state index in [1.54, 1.807) is 0 Å². The Labute approximate surface area is 221 Å². The van der Waals surface area contributed by atoms with Gasteiger partial charge in [0.2, 0.25) is 5.91 Å². The Morgan fingerprint density at radius 1 is 1.00 bits per heavy atom. The summed E-state index contributed by atoms with van der Waals surface area (Å²) in [7, 11) is 0. The van der Waals surface area contributed by atoms with E-state index in [0.717, 1.165) is 68.6 Å². The average Bonchev–Trinajstić information content (AvgIpc) is 3.32. The maximum atomic E-state index is 13.1. The molecule has 0 bridgehead atoms. The molecule has 2 aromatic carbocycles. The lowest BCUT2D eigenvalue weighted by atomic mass is 10.0. The van der Waals surface area contributed by atoms with E-state index >= 15 is 0 Å². The summed E-state index contributed by atoms with van der Waals surface area (Å²) in [6, 6.07) is 21.3. The number of nitrogens with zero attached hydrogens (tertiary/aromatic N) is 4. The van der Waals surface area contributed by atoms with Gasteiger partial charge in [0.1, 0.15) is 0 Å². The number of piperazine rings is 1. The summed E-state index contributed by atoms with van der Waals surface area (Å²) in [4.78, 5) is 17.5. The van der Waals surface area contributed by atoms with Crippen molar-refractivity contribution in [2.45, 2.75) is 40.0 Å². The van der Waals surface area contributed by atoms with Crippen LogP contribution in [0.2, 0.25) is 0 Å². The van der Waals surface area contributed by atoms with E-state index in [1.165, 1.54) is 16.7 Å². The highest BCUT2D eigenvalue weighted by atomic mass is 16.5. The zero-order valence-electron chi connectivity index (χ0n) is 22.4. The van der Waals surface area contributed by atoms with Crippen molar-refractivity contribution in [2.24, 2.45) is 0 Å². The number of amides is 1. The zero-order chi connectivity index (χ0) is 26.2. The number of rotatable bonds is 10. The first-order valence-electron chi connectivity index (χ1n) is 13.3. The van der Waals surface area contributed by atoms with E-state index in [9.17, 15) is 4.79 Å². The maximum Gasteiger partial charge on any atom is 0.223 e. The predicted molar refractivity (Wildman–Crippen MR) is 148 cm³/mol. The average molecular weight is 499 g/mol. The summed E-state index contributed by atoms with van der Waals surface area (Å²) in [5.41, 5.74) is 7.94. The first-order valence-corrected chi connectivity index (χ1v) is 13.3. The van der Waals surface area contributed by atoms with Crippen molar-refractivity contribution in [1.82, 2.24) is 14.4 Å². The minimum Gasteiger partial charge on any atom is -0.380 e. The standard InChI is InChI=1S/C31H38N4O2/c1-4-37-22-21-33-17-19-34(20-18-33)31(36)14-11-28-10-13-30(29-12-5-24(2)23-25(29)3)35(28)27-8-6-26(7-9-27)15-16-32/h5-10,12-13,23H,4,11,14-15,17-22H2,1-3H3. The van der Waals surface area contributed by atoms with Crippen molar-refractivity contribution >= 4 is 5.91 Å². The largest absolute Gasteiger partial charge is 0.380 e. The molecule has 1 saturated heterocycles. The molecule has 0 N–H and O–H groups in total. The van der Waals surface area contributed by atoms with Gasteiger partial charge in [-0.25, -0.2) is 0 Å². The lowest BCUT2D eigenvalue weighted by Crippen LogP contribution is -2.49. The van der Waals surface area contributed by atoms with Crippen LogP contribution in [-0.2, 0) is 22.4 Å². The van der Waals surface area contributed by atoms with Crippen molar-refractivity contribution in [2.75, 3.05) is 45.9 Å². The minimum atomic E-state index is 0.217. The second-order valence-electron chi connectivity index (χ2n) is 9.78. The van der Waals surface area contributed by atoms with Gasteiger partial charge in [0.15, 0.2) is 0 Å². The third-order valence-corrected chi connectivity index (χ3v) is 7.17. The number of ether oxygens (including phenoxy) is 1. The van der Waals surface area contributed by atoms with Crippen molar-refractivity contribution in [3.8, 4) is 23.0 Å². The molecule has 0 atom stereocenters. The molecule has 6 nitrogen and oxygen atoms in total. The van der Waals surface area contributed by atoms with Gasteiger partial charge < -0.3 is 14.2 Å². The third kappa shape index (κ3) is 6.68. The lowest BCUT2D eigenvalue weighted by molar-refractivity contribution is -0.133. The summed E-state index contributed by atoms with van der Waals surface area (Å²) in [6.07, 6.45) is 1.56. The number of hydrogen-bond acceptors (Lipinski definition) is 4. The SMILES string of the molecule is CCOCCN1CCN(C(=O)CCc2ccc(-c3ccc(C)cc3C)n2-c2ccc(CC#N)cc2)CC1. The van der Waals surface area contributed by atoms with Crippen LogP contribution in [-0.4, -0.2) is 66.2 Å². The molecule has 2 heterocycles. The van der Waals surface area contributed by atoms with Gasteiger partial charge in [0, 0.05) is 62.7 Å². The van der Waals surface area contributed by atoms with Crippen LogP contribution in [0.1, 0.15) is 35.7 Å². The number of carbonyl (C=O) groups excluding carboxylic acids is 1. The molecule has 0 unspecified atom stereocenters. The summed E-state index contributed by atoms with van der Waals surface area (Å²) >= 11 is 0. The first kappa shape index (κ1) is 26.7. The fourth-order valence-electron chi connectivity index (χ4n) is 5.10. The summed E-state index contributed by atoms with van der Waals surface area (Å²) < 4.78 is 7.74. The van der Waals surface area contributed by atoms with E-state index in [2.05, 4.69) is 71.8 Å². The Morgan fingerprint density at radius 2 is 1.76 bits per heavy atom. The van der Waals surface area contributed by atoms with Crippen LogP contribution >= 0.6 is 0 Å². The second-order valence-corrected chi connectivity index (χ2v) is 9.78.